The normalized spacial score (nSPS) is 14.4. The highest BCUT2D eigenvalue weighted by Gasteiger charge is 2.14. The van der Waals surface area contributed by atoms with Gasteiger partial charge in [-0.1, -0.05) is 38.3 Å². The van der Waals surface area contributed by atoms with Gasteiger partial charge >= 0.3 is 0 Å². The van der Waals surface area contributed by atoms with E-state index in [0.29, 0.717) is 0 Å². The van der Waals surface area contributed by atoms with E-state index >= 15 is 0 Å². The summed E-state index contributed by atoms with van der Waals surface area (Å²) in [5.41, 5.74) is 2.68. The third-order valence-corrected chi connectivity index (χ3v) is 3.22. The van der Waals surface area contributed by atoms with Gasteiger partial charge in [0.25, 0.3) is 0 Å². The zero-order valence-electron chi connectivity index (χ0n) is 10.2. The number of nitrogens with one attached hydrogen (secondary N) is 1. The molecule has 0 radical (unpaired) electrons. The number of benzene rings is 1. The van der Waals surface area contributed by atoms with Crippen LogP contribution >= 0.6 is 0 Å². The average Bonchev–Trinajstić information content (AvgIpc) is 2.35. The van der Waals surface area contributed by atoms with Gasteiger partial charge in [-0.3, -0.25) is 0 Å². The van der Waals surface area contributed by atoms with Crippen molar-refractivity contribution < 1.29 is 0 Å². The van der Waals surface area contributed by atoms with Crippen LogP contribution in [-0.4, -0.2) is 19.6 Å². The molecule has 0 unspecified atom stereocenters. The van der Waals surface area contributed by atoms with E-state index < -0.39 is 0 Å². The summed E-state index contributed by atoms with van der Waals surface area (Å²) < 4.78 is 0. The molecule has 1 aromatic rings. The average molecular weight is 218 g/mol. The van der Waals surface area contributed by atoms with Crippen molar-refractivity contribution in [3.8, 4) is 0 Å². The Kier molecular flexibility index (Phi) is 4.09. The van der Waals surface area contributed by atoms with Crippen LogP contribution in [0, 0.1) is 0 Å². The number of para-hydroxylation sites is 2. The molecule has 1 aliphatic rings. The molecule has 2 heteroatoms. The third kappa shape index (κ3) is 2.69. The second kappa shape index (κ2) is 5.78. The van der Waals surface area contributed by atoms with E-state index in [1.165, 1.54) is 43.6 Å². The molecule has 1 aliphatic heterocycles. The zero-order valence-corrected chi connectivity index (χ0v) is 10.2. The SMILES string of the molecule is CCCCCCN1CCNc2ccccc21. The van der Waals surface area contributed by atoms with Crippen LogP contribution in [0.4, 0.5) is 11.4 Å². The number of anilines is 2. The van der Waals surface area contributed by atoms with E-state index in [4.69, 9.17) is 0 Å². The van der Waals surface area contributed by atoms with Crippen molar-refractivity contribution in [2.75, 3.05) is 29.9 Å². The van der Waals surface area contributed by atoms with Gasteiger partial charge in [-0.15, -0.1) is 0 Å². The first-order chi connectivity index (χ1) is 7.92. The predicted molar refractivity (Wildman–Crippen MR) is 71.3 cm³/mol. The minimum Gasteiger partial charge on any atom is -0.382 e. The summed E-state index contributed by atoms with van der Waals surface area (Å²) in [6.45, 7) is 5.69. The van der Waals surface area contributed by atoms with Gasteiger partial charge in [0.2, 0.25) is 0 Å². The molecule has 1 heterocycles. The molecule has 0 aromatic heterocycles. The summed E-state index contributed by atoms with van der Waals surface area (Å²) in [6.07, 6.45) is 5.37. The standard InChI is InChI=1S/C14H22N2/c1-2-3-4-7-11-16-12-10-15-13-8-5-6-9-14(13)16/h5-6,8-9,15H,2-4,7,10-12H2,1H3. The van der Waals surface area contributed by atoms with Crippen LogP contribution in [0.1, 0.15) is 32.6 Å². The molecule has 2 nitrogen and oxygen atoms in total. The van der Waals surface area contributed by atoms with Gasteiger partial charge in [-0.25, -0.2) is 0 Å². The monoisotopic (exact) mass is 218 g/mol. The van der Waals surface area contributed by atoms with E-state index in [1.807, 2.05) is 0 Å². The highest BCUT2D eigenvalue weighted by atomic mass is 15.2. The molecule has 0 amide bonds. The first kappa shape index (κ1) is 11.3. The van der Waals surface area contributed by atoms with Crippen molar-refractivity contribution in [1.82, 2.24) is 0 Å². The molecule has 16 heavy (non-hydrogen) atoms. The molecule has 0 aliphatic carbocycles. The maximum atomic E-state index is 3.45. The van der Waals surface area contributed by atoms with Crippen molar-refractivity contribution >= 4 is 11.4 Å². The minimum absolute atomic E-state index is 1.07. The molecule has 1 N–H and O–H groups in total. The van der Waals surface area contributed by atoms with Crippen molar-refractivity contribution in [3.63, 3.8) is 0 Å². The summed E-state index contributed by atoms with van der Waals surface area (Å²) in [4.78, 5) is 2.52. The van der Waals surface area contributed by atoms with Crippen LogP contribution in [-0.2, 0) is 0 Å². The second-order valence-electron chi connectivity index (χ2n) is 4.49. The molecule has 2 rings (SSSR count). The maximum absolute atomic E-state index is 3.45. The first-order valence-corrected chi connectivity index (χ1v) is 6.49. The van der Waals surface area contributed by atoms with E-state index in [2.05, 4.69) is 41.4 Å². The van der Waals surface area contributed by atoms with E-state index in [1.54, 1.807) is 0 Å². The molecule has 1 aromatic carbocycles. The van der Waals surface area contributed by atoms with Gasteiger partial charge < -0.3 is 10.2 Å². The minimum atomic E-state index is 1.07. The van der Waals surface area contributed by atoms with Gasteiger partial charge in [0, 0.05) is 19.6 Å². The van der Waals surface area contributed by atoms with Gasteiger partial charge in [0.15, 0.2) is 0 Å². The largest absolute Gasteiger partial charge is 0.382 e. The highest BCUT2D eigenvalue weighted by molar-refractivity contribution is 5.71. The fourth-order valence-electron chi connectivity index (χ4n) is 2.31. The Hall–Kier alpha value is -1.18. The highest BCUT2D eigenvalue weighted by Crippen LogP contribution is 2.28. The quantitative estimate of drug-likeness (QED) is 0.761. The van der Waals surface area contributed by atoms with E-state index in [0.717, 1.165) is 13.1 Å². The Morgan fingerprint density at radius 3 is 2.94 bits per heavy atom. The number of nitrogens with zero attached hydrogens (tertiary/aromatic N) is 1. The lowest BCUT2D eigenvalue weighted by Crippen LogP contribution is -2.34. The third-order valence-electron chi connectivity index (χ3n) is 3.22. The van der Waals surface area contributed by atoms with Crippen molar-refractivity contribution in [2.45, 2.75) is 32.6 Å². The summed E-state index contributed by atoms with van der Waals surface area (Å²) in [7, 11) is 0. The fourth-order valence-corrected chi connectivity index (χ4v) is 2.31. The lowest BCUT2D eigenvalue weighted by molar-refractivity contribution is 0.642. The van der Waals surface area contributed by atoms with Crippen LogP contribution in [0.3, 0.4) is 0 Å². The van der Waals surface area contributed by atoms with Crippen LogP contribution in [0.5, 0.6) is 0 Å². The summed E-state index contributed by atoms with van der Waals surface area (Å²) in [5, 5.41) is 3.45. The first-order valence-electron chi connectivity index (χ1n) is 6.49. The Morgan fingerprint density at radius 2 is 2.06 bits per heavy atom. The van der Waals surface area contributed by atoms with E-state index in [-0.39, 0.29) is 0 Å². The van der Waals surface area contributed by atoms with Gasteiger partial charge in [0.1, 0.15) is 0 Å². The Balaban J connectivity index is 1.91. The van der Waals surface area contributed by atoms with Crippen molar-refractivity contribution in [3.05, 3.63) is 24.3 Å². The molecule has 0 saturated carbocycles. The molecular formula is C14H22N2. The van der Waals surface area contributed by atoms with Gasteiger partial charge in [0.05, 0.1) is 11.4 Å². The Labute approximate surface area is 98.7 Å². The maximum Gasteiger partial charge on any atom is 0.0602 e. The summed E-state index contributed by atoms with van der Waals surface area (Å²) in [5.74, 6) is 0. The number of hydrogen-bond donors (Lipinski definition) is 1. The second-order valence-corrected chi connectivity index (χ2v) is 4.49. The lowest BCUT2D eigenvalue weighted by Gasteiger charge is -2.32. The van der Waals surface area contributed by atoms with Gasteiger partial charge in [-0.2, -0.15) is 0 Å². The molecule has 0 fully saturated rings. The zero-order chi connectivity index (χ0) is 11.2. The molecule has 0 bridgehead atoms. The summed E-state index contributed by atoms with van der Waals surface area (Å²) >= 11 is 0. The van der Waals surface area contributed by atoms with Crippen molar-refractivity contribution in [2.24, 2.45) is 0 Å². The van der Waals surface area contributed by atoms with Gasteiger partial charge in [-0.05, 0) is 18.6 Å². The van der Waals surface area contributed by atoms with Crippen LogP contribution in [0.15, 0.2) is 24.3 Å². The van der Waals surface area contributed by atoms with Crippen molar-refractivity contribution in [1.29, 1.82) is 0 Å². The fraction of sp³-hybridized carbons (Fsp3) is 0.571. The molecule has 0 spiro atoms. The molecule has 0 atom stereocenters. The van der Waals surface area contributed by atoms with E-state index in [9.17, 15) is 0 Å². The Bertz CT molecular complexity index is 322. The van der Waals surface area contributed by atoms with Crippen LogP contribution in [0.25, 0.3) is 0 Å². The lowest BCUT2D eigenvalue weighted by atomic mass is 10.1. The Morgan fingerprint density at radius 1 is 1.19 bits per heavy atom. The number of hydrogen-bond acceptors (Lipinski definition) is 2. The summed E-state index contributed by atoms with van der Waals surface area (Å²) in [6, 6.07) is 8.63. The molecule has 88 valence electrons. The number of unbranched alkanes of at least 4 members (excludes halogenated alkanes) is 3. The molecular weight excluding hydrogens is 196 g/mol. The number of fused-ring (bicyclic) bond motifs is 1. The smallest absolute Gasteiger partial charge is 0.0602 e. The van der Waals surface area contributed by atoms with Crippen LogP contribution < -0.4 is 10.2 Å². The topological polar surface area (TPSA) is 15.3 Å². The predicted octanol–water partition coefficient (Wildman–Crippen LogP) is 3.50. The van der Waals surface area contributed by atoms with Crippen LogP contribution in [0.2, 0.25) is 0 Å². The number of rotatable bonds is 5. The molecule has 0 saturated heterocycles.